The molecule has 4 rings (SSSR count). The Hall–Kier alpha value is -2.09. The highest BCUT2D eigenvalue weighted by Crippen LogP contribution is 2.26. The van der Waals surface area contributed by atoms with Crippen LogP contribution < -0.4 is 4.90 Å². The first-order valence-corrected chi connectivity index (χ1v) is 12.1. The Bertz CT molecular complexity index is 992. The maximum atomic E-state index is 13.1. The zero-order valence-electron chi connectivity index (χ0n) is 16.8. The summed E-state index contributed by atoms with van der Waals surface area (Å²) in [5, 5.41) is 0.702. The lowest BCUT2D eigenvalue weighted by Crippen LogP contribution is -2.53. The summed E-state index contributed by atoms with van der Waals surface area (Å²) < 4.78 is 27.4. The lowest BCUT2D eigenvalue weighted by molar-refractivity contribution is -0.137. The highest BCUT2D eigenvalue weighted by atomic mass is 35.5. The van der Waals surface area contributed by atoms with Gasteiger partial charge in [-0.15, -0.1) is 0 Å². The number of nitrogens with zero attached hydrogens (tertiary/aromatic N) is 3. The average Bonchev–Trinajstić information content (AvgIpc) is 2.79. The van der Waals surface area contributed by atoms with E-state index in [2.05, 4.69) is 4.90 Å². The highest BCUT2D eigenvalue weighted by Gasteiger charge is 2.35. The largest absolute Gasteiger partial charge is 0.368 e. The van der Waals surface area contributed by atoms with Crippen molar-refractivity contribution in [3.8, 4) is 0 Å². The van der Waals surface area contributed by atoms with Crippen LogP contribution in [0, 0.1) is 5.92 Å². The predicted molar refractivity (Wildman–Crippen MR) is 118 cm³/mol. The number of carbonyl (C=O) groups is 1. The fraction of sp³-hybridized carbons (Fsp3) is 0.409. The summed E-state index contributed by atoms with van der Waals surface area (Å²) in [5.74, 6) is -0.219. The predicted octanol–water partition coefficient (Wildman–Crippen LogP) is 3.09. The fourth-order valence-electron chi connectivity index (χ4n) is 4.22. The van der Waals surface area contributed by atoms with Gasteiger partial charge in [-0.25, -0.2) is 8.42 Å². The molecule has 2 fully saturated rings. The van der Waals surface area contributed by atoms with Gasteiger partial charge in [0.05, 0.1) is 10.8 Å². The van der Waals surface area contributed by atoms with E-state index in [0.29, 0.717) is 31.1 Å². The van der Waals surface area contributed by atoms with E-state index in [-0.39, 0.29) is 23.3 Å². The van der Waals surface area contributed by atoms with Crippen LogP contribution in [-0.2, 0) is 14.8 Å². The second-order valence-corrected chi connectivity index (χ2v) is 10.2. The van der Waals surface area contributed by atoms with Crippen molar-refractivity contribution in [1.29, 1.82) is 0 Å². The smallest absolute Gasteiger partial charge is 0.243 e. The first kappa shape index (κ1) is 21.2. The molecule has 1 amide bonds. The molecule has 30 heavy (non-hydrogen) atoms. The monoisotopic (exact) mass is 447 g/mol. The molecule has 0 unspecified atom stereocenters. The first-order chi connectivity index (χ1) is 14.4. The van der Waals surface area contributed by atoms with Gasteiger partial charge in [0, 0.05) is 50.0 Å². The Morgan fingerprint density at radius 3 is 2.37 bits per heavy atom. The van der Waals surface area contributed by atoms with Crippen molar-refractivity contribution in [2.45, 2.75) is 17.7 Å². The summed E-state index contributed by atoms with van der Waals surface area (Å²) in [6, 6.07) is 16.2. The van der Waals surface area contributed by atoms with Gasteiger partial charge in [-0.1, -0.05) is 35.9 Å². The summed E-state index contributed by atoms with van der Waals surface area (Å²) in [6.07, 6.45) is 1.43. The molecule has 2 aliphatic rings. The molecule has 0 bridgehead atoms. The molecular formula is C22H26ClN3O3S. The van der Waals surface area contributed by atoms with E-state index in [9.17, 15) is 13.2 Å². The van der Waals surface area contributed by atoms with Crippen LogP contribution in [-0.4, -0.2) is 62.8 Å². The standard InChI is InChI=1S/C22H26ClN3O3S/c23-19-7-4-8-20(16-19)24-12-14-25(15-13-24)22(27)18-6-5-11-26(17-18)30(28,29)21-9-2-1-3-10-21/h1-4,7-10,16,18H,5-6,11-15,17H2/t18-/m0/s1. The van der Waals surface area contributed by atoms with Gasteiger partial charge in [0.25, 0.3) is 0 Å². The number of hydrogen-bond donors (Lipinski definition) is 0. The molecule has 160 valence electrons. The summed E-state index contributed by atoms with van der Waals surface area (Å²) in [7, 11) is -3.57. The van der Waals surface area contributed by atoms with Gasteiger partial charge in [-0.3, -0.25) is 4.79 Å². The number of sulfonamides is 1. The van der Waals surface area contributed by atoms with E-state index >= 15 is 0 Å². The molecule has 0 saturated carbocycles. The number of rotatable bonds is 4. The van der Waals surface area contributed by atoms with Crippen LogP contribution in [0.2, 0.25) is 5.02 Å². The van der Waals surface area contributed by atoms with E-state index < -0.39 is 10.0 Å². The molecule has 0 N–H and O–H groups in total. The van der Waals surface area contributed by atoms with Gasteiger partial charge in [-0.2, -0.15) is 4.31 Å². The Morgan fingerprint density at radius 2 is 1.67 bits per heavy atom. The Balaban J connectivity index is 1.38. The van der Waals surface area contributed by atoms with Crippen LogP contribution in [0.1, 0.15) is 12.8 Å². The van der Waals surface area contributed by atoms with E-state index in [1.165, 1.54) is 4.31 Å². The number of anilines is 1. The number of benzene rings is 2. The Labute approximate surface area is 183 Å². The quantitative estimate of drug-likeness (QED) is 0.722. The van der Waals surface area contributed by atoms with Gasteiger partial charge < -0.3 is 9.80 Å². The molecule has 6 nitrogen and oxygen atoms in total. The average molecular weight is 448 g/mol. The molecule has 8 heteroatoms. The molecule has 0 radical (unpaired) electrons. The van der Waals surface area contributed by atoms with Crippen molar-refractivity contribution in [2.24, 2.45) is 5.92 Å². The zero-order valence-corrected chi connectivity index (χ0v) is 18.4. The van der Waals surface area contributed by atoms with Crippen molar-refractivity contribution in [3.05, 3.63) is 59.6 Å². The molecule has 0 aliphatic carbocycles. The molecule has 1 atom stereocenters. The minimum atomic E-state index is -3.57. The minimum Gasteiger partial charge on any atom is -0.368 e. The van der Waals surface area contributed by atoms with Crippen LogP contribution >= 0.6 is 11.6 Å². The summed E-state index contributed by atoms with van der Waals surface area (Å²) in [4.78, 5) is 17.5. The number of piperazine rings is 1. The van der Waals surface area contributed by atoms with Crippen molar-refractivity contribution in [1.82, 2.24) is 9.21 Å². The molecular weight excluding hydrogens is 422 g/mol. The first-order valence-electron chi connectivity index (χ1n) is 10.3. The SMILES string of the molecule is O=C([C@H]1CCCN(S(=O)(=O)c2ccccc2)C1)N1CCN(c2cccc(Cl)c2)CC1. The van der Waals surface area contributed by atoms with E-state index in [0.717, 1.165) is 25.2 Å². The molecule has 2 heterocycles. The topological polar surface area (TPSA) is 60.9 Å². The van der Waals surface area contributed by atoms with Crippen LogP contribution in [0.15, 0.2) is 59.5 Å². The lowest BCUT2D eigenvalue weighted by Gasteiger charge is -2.39. The van der Waals surface area contributed by atoms with Crippen LogP contribution in [0.5, 0.6) is 0 Å². The van der Waals surface area contributed by atoms with Crippen molar-refractivity contribution >= 4 is 33.2 Å². The minimum absolute atomic E-state index is 0.0636. The van der Waals surface area contributed by atoms with Crippen molar-refractivity contribution in [3.63, 3.8) is 0 Å². The number of carbonyl (C=O) groups excluding carboxylic acids is 1. The van der Waals surface area contributed by atoms with Gasteiger partial charge in [0.2, 0.25) is 15.9 Å². The van der Waals surface area contributed by atoms with E-state index in [1.54, 1.807) is 30.3 Å². The number of halogens is 1. The normalized spacial score (nSPS) is 20.9. The molecule has 2 aliphatic heterocycles. The summed E-state index contributed by atoms with van der Waals surface area (Å²) in [6.45, 7) is 3.46. The third-order valence-electron chi connectivity index (χ3n) is 5.88. The van der Waals surface area contributed by atoms with Crippen molar-refractivity contribution < 1.29 is 13.2 Å². The zero-order chi connectivity index (χ0) is 21.1. The second kappa shape index (κ2) is 8.96. The number of hydrogen-bond acceptors (Lipinski definition) is 4. The van der Waals surface area contributed by atoms with Crippen molar-refractivity contribution in [2.75, 3.05) is 44.2 Å². The van der Waals surface area contributed by atoms with Crippen LogP contribution in [0.4, 0.5) is 5.69 Å². The van der Waals surface area contributed by atoms with E-state index in [4.69, 9.17) is 11.6 Å². The van der Waals surface area contributed by atoms with Gasteiger partial charge >= 0.3 is 0 Å². The number of piperidine rings is 1. The van der Waals surface area contributed by atoms with Crippen LogP contribution in [0.3, 0.4) is 0 Å². The van der Waals surface area contributed by atoms with E-state index in [1.807, 2.05) is 29.2 Å². The Kier molecular flexibility index (Phi) is 6.32. The highest BCUT2D eigenvalue weighted by molar-refractivity contribution is 7.89. The lowest BCUT2D eigenvalue weighted by atomic mass is 9.97. The van der Waals surface area contributed by atoms with Crippen LogP contribution in [0.25, 0.3) is 0 Å². The second-order valence-electron chi connectivity index (χ2n) is 7.81. The molecule has 0 spiro atoms. The summed E-state index contributed by atoms with van der Waals surface area (Å²) in [5.41, 5.74) is 1.06. The van der Waals surface area contributed by atoms with Gasteiger partial charge in [0.15, 0.2) is 0 Å². The number of amides is 1. The van der Waals surface area contributed by atoms with Gasteiger partial charge in [-0.05, 0) is 43.2 Å². The molecule has 2 saturated heterocycles. The third-order valence-corrected chi connectivity index (χ3v) is 7.99. The molecule has 0 aromatic heterocycles. The third kappa shape index (κ3) is 4.48. The molecule has 2 aromatic carbocycles. The Morgan fingerprint density at radius 1 is 0.933 bits per heavy atom. The maximum Gasteiger partial charge on any atom is 0.243 e. The van der Waals surface area contributed by atoms with Gasteiger partial charge in [0.1, 0.15) is 0 Å². The maximum absolute atomic E-state index is 13.1. The summed E-state index contributed by atoms with van der Waals surface area (Å²) >= 11 is 6.09. The molecule has 2 aromatic rings. The fourth-order valence-corrected chi connectivity index (χ4v) is 5.95.